The van der Waals surface area contributed by atoms with Crippen LogP contribution in [-0.4, -0.2) is 16.4 Å². The van der Waals surface area contributed by atoms with E-state index in [9.17, 15) is 9.59 Å². The Hall–Kier alpha value is -2.53. The highest BCUT2D eigenvalue weighted by Gasteiger charge is 2.26. The van der Waals surface area contributed by atoms with Gasteiger partial charge < -0.3 is 4.57 Å². The fourth-order valence-electron chi connectivity index (χ4n) is 2.86. The maximum Gasteiger partial charge on any atom is 0.269 e. The molecule has 5 nitrogen and oxygen atoms in total. The lowest BCUT2D eigenvalue weighted by molar-refractivity contribution is -0.117. The van der Waals surface area contributed by atoms with Crippen molar-refractivity contribution in [3.8, 4) is 0 Å². The predicted octanol–water partition coefficient (Wildman–Crippen LogP) is 3.57. The Labute approximate surface area is 151 Å². The highest BCUT2D eigenvalue weighted by Crippen LogP contribution is 2.38. The summed E-state index contributed by atoms with van der Waals surface area (Å²) in [6.45, 7) is 4.14. The van der Waals surface area contributed by atoms with Gasteiger partial charge in [-0.3, -0.25) is 20.4 Å². The van der Waals surface area contributed by atoms with Crippen LogP contribution < -0.4 is 10.9 Å². The van der Waals surface area contributed by atoms with E-state index in [1.54, 1.807) is 30.3 Å². The minimum absolute atomic E-state index is 0.390. The van der Waals surface area contributed by atoms with Crippen LogP contribution in [0, 0.1) is 13.8 Å². The monoisotopic (exact) mass is 357 g/mol. The minimum Gasteiger partial charge on any atom is -0.346 e. The number of amides is 2. The van der Waals surface area contributed by atoms with Gasteiger partial charge in [-0.2, -0.15) is 0 Å². The summed E-state index contributed by atoms with van der Waals surface area (Å²) >= 11 is 5.78. The van der Waals surface area contributed by atoms with Crippen LogP contribution in [0.5, 0.6) is 0 Å². The summed E-state index contributed by atoms with van der Waals surface area (Å²) in [6.07, 6.45) is 5.62. The zero-order chi connectivity index (χ0) is 18.0. The summed E-state index contributed by atoms with van der Waals surface area (Å²) < 4.78 is 2.32. The van der Waals surface area contributed by atoms with Gasteiger partial charge in [0.05, 0.1) is 0 Å². The molecule has 0 aliphatic heterocycles. The van der Waals surface area contributed by atoms with E-state index in [1.165, 1.54) is 24.6 Å². The third kappa shape index (κ3) is 4.12. The molecule has 0 spiro atoms. The highest BCUT2D eigenvalue weighted by molar-refractivity contribution is 6.30. The number of benzene rings is 1. The van der Waals surface area contributed by atoms with Crippen molar-refractivity contribution in [1.82, 2.24) is 15.4 Å². The third-order valence-electron chi connectivity index (χ3n) is 4.26. The number of nitrogens with zero attached hydrogens (tertiary/aromatic N) is 1. The molecule has 6 heteroatoms. The highest BCUT2D eigenvalue weighted by atomic mass is 35.5. The third-order valence-corrected chi connectivity index (χ3v) is 4.51. The zero-order valence-corrected chi connectivity index (χ0v) is 14.9. The van der Waals surface area contributed by atoms with Crippen LogP contribution >= 0.6 is 11.6 Å². The van der Waals surface area contributed by atoms with Crippen molar-refractivity contribution >= 4 is 29.5 Å². The van der Waals surface area contributed by atoms with Gasteiger partial charge in [0.1, 0.15) is 0 Å². The molecule has 0 saturated heterocycles. The molecule has 3 rings (SSSR count). The van der Waals surface area contributed by atoms with Gasteiger partial charge in [-0.25, -0.2) is 0 Å². The number of aromatic nitrogens is 1. The lowest BCUT2D eigenvalue weighted by atomic mass is 10.2. The molecule has 1 fully saturated rings. The first-order valence-electron chi connectivity index (χ1n) is 8.18. The molecule has 1 heterocycles. The Kier molecular flexibility index (Phi) is 4.95. The molecule has 1 aliphatic rings. The Balaban J connectivity index is 1.57. The minimum atomic E-state index is -0.398. The number of halogens is 1. The number of hydrogen-bond acceptors (Lipinski definition) is 2. The molecule has 0 radical (unpaired) electrons. The lowest BCUT2D eigenvalue weighted by Crippen LogP contribution is -2.40. The molecule has 2 aromatic rings. The average Bonchev–Trinajstić information content (AvgIpc) is 3.37. The maximum atomic E-state index is 11.9. The molecule has 0 unspecified atom stereocenters. The van der Waals surface area contributed by atoms with Gasteiger partial charge in [0.15, 0.2) is 0 Å². The van der Waals surface area contributed by atoms with E-state index in [1.807, 2.05) is 0 Å². The van der Waals surface area contributed by atoms with E-state index in [4.69, 9.17) is 11.6 Å². The van der Waals surface area contributed by atoms with Crippen molar-refractivity contribution in [3.05, 3.63) is 63.9 Å². The standard InChI is InChI=1S/C19H20ClN3O2/c1-12-11-15(13(2)23(12)17-8-9-17)5-10-18(24)21-22-19(25)14-3-6-16(20)7-4-14/h3-7,10-11,17H,8-9H2,1-2H3,(H,21,24)(H,22,25)/b10-5+. The second-order valence-electron chi connectivity index (χ2n) is 6.21. The Morgan fingerprint density at radius 1 is 1.16 bits per heavy atom. The first-order chi connectivity index (χ1) is 12.0. The molecule has 2 N–H and O–H groups in total. The van der Waals surface area contributed by atoms with Crippen molar-refractivity contribution in [3.63, 3.8) is 0 Å². The predicted molar refractivity (Wildman–Crippen MR) is 98.3 cm³/mol. The number of carbonyl (C=O) groups excluding carboxylic acids is 2. The van der Waals surface area contributed by atoms with Gasteiger partial charge in [0, 0.05) is 34.1 Å². The Morgan fingerprint density at radius 2 is 1.84 bits per heavy atom. The lowest BCUT2D eigenvalue weighted by Gasteiger charge is -2.07. The van der Waals surface area contributed by atoms with Crippen molar-refractivity contribution in [2.45, 2.75) is 32.7 Å². The molecular formula is C19H20ClN3O2. The molecule has 1 aromatic heterocycles. The van der Waals surface area contributed by atoms with Crippen LogP contribution in [0.25, 0.3) is 6.08 Å². The zero-order valence-electron chi connectivity index (χ0n) is 14.2. The average molecular weight is 358 g/mol. The second kappa shape index (κ2) is 7.15. The van der Waals surface area contributed by atoms with E-state index < -0.39 is 11.8 Å². The summed E-state index contributed by atoms with van der Waals surface area (Å²) in [6, 6.07) is 9.10. The van der Waals surface area contributed by atoms with Crippen LogP contribution in [0.15, 0.2) is 36.4 Å². The van der Waals surface area contributed by atoms with Gasteiger partial charge in [0.25, 0.3) is 11.8 Å². The normalized spacial score (nSPS) is 13.9. The Morgan fingerprint density at radius 3 is 2.48 bits per heavy atom. The van der Waals surface area contributed by atoms with Gasteiger partial charge in [0.2, 0.25) is 0 Å². The van der Waals surface area contributed by atoms with Crippen LogP contribution in [-0.2, 0) is 4.79 Å². The van der Waals surface area contributed by atoms with Crippen molar-refractivity contribution in [2.24, 2.45) is 0 Å². The van der Waals surface area contributed by atoms with Crippen LogP contribution in [0.4, 0.5) is 0 Å². The first-order valence-corrected chi connectivity index (χ1v) is 8.56. The Bertz CT molecular complexity index is 833. The molecule has 0 bridgehead atoms. The number of nitrogens with one attached hydrogen (secondary N) is 2. The first kappa shape index (κ1) is 17.3. The summed E-state index contributed by atoms with van der Waals surface area (Å²) in [5, 5.41) is 0.548. The largest absolute Gasteiger partial charge is 0.346 e. The van der Waals surface area contributed by atoms with Crippen LogP contribution in [0.2, 0.25) is 5.02 Å². The molecule has 25 heavy (non-hydrogen) atoms. The van der Waals surface area contributed by atoms with E-state index in [0.29, 0.717) is 16.6 Å². The van der Waals surface area contributed by atoms with Gasteiger partial charge in [-0.05, 0) is 68.7 Å². The number of aryl methyl sites for hydroxylation is 1. The molecule has 1 aliphatic carbocycles. The van der Waals surface area contributed by atoms with Gasteiger partial charge in [-0.1, -0.05) is 11.6 Å². The molecule has 1 aromatic carbocycles. The second-order valence-corrected chi connectivity index (χ2v) is 6.65. The summed E-state index contributed by atoms with van der Waals surface area (Å²) in [4.78, 5) is 23.8. The SMILES string of the molecule is Cc1cc(/C=C/C(=O)NNC(=O)c2ccc(Cl)cc2)c(C)n1C1CC1. The van der Waals surface area contributed by atoms with Crippen molar-refractivity contribution in [2.75, 3.05) is 0 Å². The summed E-state index contributed by atoms with van der Waals surface area (Å²) in [5.41, 5.74) is 8.55. The van der Waals surface area contributed by atoms with E-state index in [2.05, 4.69) is 35.3 Å². The number of carbonyl (C=O) groups is 2. The topological polar surface area (TPSA) is 63.1 Å². The molecule has 1 saturated carbocycles. The fourth-order valence-corrected chi connectivity index (χ4v) is 2.99. The van der Waals surface area contributed by atoms with Crippen molar-refractivity contribution < 1.29 is 9.59 Å². The van der Waals surface area contributed by atoms with E-state index >= 15 is 0 Å². The number of rotatable bonds is 4. The van der Waals surface area contributed by atoms with Gasteiger partial charge in [-0.15, -0.1) is 0 Å². The van der Waals surface area contributed by atoms with Crippen molar-refractivity contribution in [1.29, 1.82) is 0 Å². The molecule has 2 amide bonds. The summed E-state index contributed by atoms with van der Waals surface area (Å²) in [5.74, 6) is -0.788. The van der Waals surface area contributed by atoms with E-state index in [0.717, 1.165) is 11.3 Å². The fraction of sp³-hybridized carbons (Fsp3) is 0.263. The van der Waals surface area contributed by atoms with Gasteiger partial charge >= 0.3 is 0 Å². The molecular weight excluding hydrogens is 338 g/mol. The number of hydrazine groups is 1. The quantitative estimate of drug-likeness (QED) is 0.649. The summed E-state index contributed by atoms with van der Waals surface area (Å²) in [7, 11) is 0. The molecule has 130 valence electrons. The smallest absolute Gasteiger partial charge is 0.269 e. The maximum absolute atomic E-state index is 11.9. The molecule has 0 atom stereocenters. The van der Waals surface area contributed by atoms with Crippen LogP contribution in [0.3, 0.4) is 0 Å². The van der Waals surface area contributed by atoms with E-state index in [-0.39, 0.29) is 0 Å². The number of hydrogen-bond donors (Lipinski definition) is 2. The van der Waals surface area contributed by atoms with Crippen LogP contribution in [0.1, 0.15) is 46.2 Å².